The number of fused-ring (bicyclic) bond motifs is 15. The van der Waals surface area contributed by atoms with E-state index in [2.05, 4.69) is 32.7 Å². The second kappa shape index (κ2) is 33.4. The monoisotopic (exact) mass is 1770 g/mol. The molecule has 11 bridgehead atoms. The van der Waals surface area contributed by atoms with Gasteiger partial charge in [-0.2, -0.15) is 0 Å². The molecule has 2 fully saturated rings. The van der Waals surface area contributed by atoms with Crippen molar-refractivity contribution >= 4 is 119 Å². The van der Waals surface area contributed by atoms with E-state index in [9.17, 15) is 65.1 Å². The molecule has 2 saturated heterocycles. The summed E-state index contributed by atoms with van der Waals surface area (Å²) in [5, 5.41) is 120. The Morgan fingerprint density at radius 1 is 0.750 bits per heavy atom. The van der Waals surface area contributed by atoms with Crippen molar-refractivity contribution in [1.82, 2.24) is 37.6 Å². The van der Waals surface area contributed by atoms with E-state index in [4.69, 9.17) is 57.4 Å². The zero-order valence-electron chi connectivity index (χ0n) is 57.7. The van der Waals surface area contributed by atoms with Gasteiger partial charge < -0.3 is 21.5 Å². The number of hydrogen-bond acceptors (Lipinski definition) is 25. The van der Waals surface area contributed by atoms with Crippen LogP contribution in [0.5, 0.6) is 46.0 Å². The summed E-state index contributed by atoms with van der Waals surface area (Å²) in [5.74, 6) is -12.9. The Kier molecular flexibility index (Phi) is 26.0. The number of phenols is 3. The van der Waals surface area contributed by atoms with E-state index in [-0.39, 0.29) is 79.2 Å². The summed E-state index contributed by atoms with van der Waals surface area (Å²) in [7, 11) is 3.22. The Hall–Kier alpha value is -5.73. The first-order chi connectivity index (χ1) is 49.0. The van der Waals surface area contributed by atoms with Gasteiger partial charge in [-0.05, 0) is 44.1 Å². The summed E-state index contributed by atoms with van der Waals surface area (Å²) < 4.78 is 41.6. The van der Waals surface area contributed by atoms with E-state index in [1.807, 2.05) is 13.8 Å². The standard InChI is InChI=1S/C68H77Cl2N9O23.Ra.Rb.H/c1-25(2)14-38(79(6)7)62(92)77-51-54(86)29-9-12-41(34(69)16-29)98-43-18-31-19-44(58(43)102-67-59(57(89)56(88)45(24-81)100-67)101-47-22-68(5,72)60(90)27(4)97-47)99-42-13-10-30(17-35(42)70)55(87)52-66(96)74-37(23-80)32-20-40(83)26(3)53(85)48(32)33-15-28(8-11-39(33)82)49(63(93)78-52)76-64(94)50(31)75-61(91)36(21-46(71)84)73-65(51)95;;;/h8-13,15-20,25,27,36-38,45,47,49-52,54-57,59-60,67,72,81-83,85-90H,14,21-22,24H2,1-7H3,(H2,71,84)(H,73,95)(H,74,96)(H,75,91)(H,76,94)(H,77,92)(H,78,93);;;/q-1;+1;;/t27-,36-,37-,38+,45+,47?,49?,50+,51+,52-,54+,55+,56?,57-,59+,60+,67?,68-;;;/m0.../s1. The van der Waals surface area contributed by atoms with Crippen molar-refractivity contribution in [3.05, 3.63) is 116 Å². The number of carbonyl (C=O) groups is 8. The Balaban J connectivity index is 1.24. The Morgan fingerprint density at radius 3 is 1.92 bits per heavy atom. The fraction of sp³-hybridized carbons (Fsp3) is 0.441. The van der Waals surface area contributed by atoms with E-state index in [0.717, 1.165) is 48.5 Å². The topological polar surface area (TPSA) is 487 Å². The van der Waals surface area contributed by atoms with Crippen molar-refractivity contribution in [2.45, 2.75) is 163 Å². The molecule has 7 aliphatic heterocycles. The summed E-state index contributed by atoms with van der Waals surface area (Å²) in [5.41, 5.74) is 2.72. The average Bonchev–Trinajstić information content (AvgIpc) is 0.742. The van der Waals surface area contributed by atoms with Gasteiger partial charge in [-0.15, -0.1) is 0 Å². The van der Waals surface area contributed by atoms with E-state index in [1.54, 1.807) is 32.8 Å². The van der Waals surface area contributed by atoms with Crippen molar-refractivity contribution in [3.63, 3.8) is 0 Å². The predicted octanol–water partition coefficient (Wildman–Crippen LogP) is 0.195. The molecule has 7 amide bonds. The number of rotatable bonds is 14. The molecule has 5 aromatic rings. The number of amides is 7. The van der Waals surface area contributed by atoms with Gasteiger partial charge in [0.15, 0.2) is 0 Å². The van der Waals surface area contributed by atoms with Crippen LogP contribution in [0.15, 0.2) is 72.8 Å². The molecule has 5 aromatic carbocycles. The molecule has 32 nitrogen and oxygen atoms in total. The van der Waals surface area contributed by atoms with Gasteiger partial charge in [-0.25, -0.2) is 0 Å². The van der Waals surface area contributed by atoms with Crippen molar-refractivity contribution < 1.29 is 156 Å². The molecule has 18 N–H and O–H groups in total. The molecule has 7 aliphatic rings. The molecular formula is C68H78Cl2N9O23RaRb. The Morgan fingerprint density at radius 2 is 1.35 bits per heavy atom. The number of aliphatic hydroxyl groups is 6. The van der Waals surface area contributed by atoms with Gasteiger partial charge in [-0.3, -0.25) is 24.1 Å². The SMILES string of the molecule is Cc1c(O)cc2c(c1O)-c1cc(ccc1O)C1NC(=O)[C@@H]3NC(=O)[C@H](CC(N)=O)NC(=O)[C@H](NC(=O)[C@@H](CC(C)C)N(C)C)[C@H](O)c4ccc(c(Cl)c4)Oc4cc3cc(c4OC3O[C@H](CO)C(O)[C@H](O)[C@H]3OC3C[C@](C)([NH][RaH])[C@H](O)[C@H](C)O3)Oc3ccc(cc3Cl)[C@@H](O)[C@H](NC1=O)C(=O)N[C@H]2[C](=O)[Rb]. The van der Waals surface area contributed by atoms with Gasteiger partial charge >= 0.3 is 501 Å². The number of halogens is 2. The van der Waals surface area contributed by atoms with Gasteiger partial charge in [0.05, 0.1) is 17.5 Å². The van der Waals surface area contributed by atoms with Crippen LogP contribution in [0.25, 0.3) is 11.1 Å². The fourth-order valence-electron chi connectivity index (χ4n) is 13.1. The zero-order valence-corrected chi connectivity index (χ0v) is 72.3. The molecule has 36 heteroatoms. The van der Waals surface area contributed by atoms with E-state index < -0.39 is 301 Å². The van der Waals surface area contributed by atoms with Crippen LogP contribution in [0.4, 0.5) is 0 Å². The predicted molar refractivity (Wildman–Crippen MR) is 362 cm³/mol. The summed E-state index contributed by atoms with van der Waals surface area (Å²) >= 11 is 12.8. The van der Waals surface area contributed by atoms with Gasteiger partial charge in [-0.1, -0.05) is 31.5 Å². The molecule has 104 heavy (non-hydrogen) atoms. The number of aromatic hydroxyl groups is 3. The first kappa shape index (κ1) is 80.8. The molecule has 4 unspecified atom stereocenters. The molecule has 0 aromatic heterocycles. The van der Waals surface area contributed by atoms with Gasteiger partial charge in [0.1, 0.15) is 18.2 Å². The quantitative estimate of drug-likeness (QED) is 0.0706. The third kappa shape index (κ3) is 17.2. The molecule has 550 valence electrons. The van der Waals surface area contributed by atoms with E-state index in [1.165, 1.54) is 31.2 Å². The van der Waals surface area contributed by atoms with Gasteiger partial charge in [0.25, 0.3) is 0 Å². The number of ether oxygens (including phenoxy) is 6. The minimum atomic E-state index is -2.30. The van der Waals surface area contributed by atoms with Crippen molar-refractivity contribution in [2.75, 3.05) is 20.7 Å². The van der Waals surface area contributed by atoms with Crippen LogP contribution in [-0.2, 0) is 52.6 Å². The maximum absolute atomic E-state index is 16.2. The molecular weight excluding hydrogens is 1690 g/mol. The third-order valence-electron chi connectivity index (χ3n) is 19.1. The number of aliphatic hydroxyl groups excluding tert-OH is 6. The van der Waals surface area contributed by atoms with Crippen molar-refractivity contribution in [3.8, 4) is 57.1 Å². The number of primary amides is 1. The number of carbonyl (C=O) groups excluding carboxylic acids is 8. The van der Waals surface area contributed by atoms with E-state index >= 15 is 19.2 Å². The maximum atomic E-state index is 16.2. The summed E-state index contributed by atoms with van der Waals surface area (Å²) in [6, 6.07) is 0.389. The zero-order chi connectivity index (χ0) is 76.0. The van der Waals surface area contributed by atoms with Crippen LogP contribution in [0.3, 0.4) is 0 Å². The molecule has 0 spiro atoms. The third-order valence-corrected chi connectivity index (χ3v) is 25.8. The summed E-state index contributed by atoms with van der Waals surface area (Å²) in [6.45, 7) is 7.40. The number of nitrogens with two attached hydrogens (primary N) is 1. The number of nitrogens with one attached hydrogen (secondary N) is 7. The van der Waals surface area contributed by atoms with Crippen LogP contribution >= 0.6 is 23.2 Å². The molecule has 0 aliphatic carbocycles. The molecule has 18 atom stereocenters. The first-order valence-corrected chi connectivity index (χ1v) is 40.5. The van der Waals surface area contributed by atoms with Gasteiger partial charge in [0.2, 0.25) is 23.6 Å². The summed E-state index contributed by atoms with van der Waals surface area (Å²) in [6.07, 6.45) is -17.5. The number of likely N-dealkylation sites (N-methyl/N-ethyl adjacent to an activating group) is 1. The Labute approximate surface area is 673 Å². The van der Waals surface area contributed by atoms with E-state index in [0.29, 0.717) is 0 Å². The number of nitrogens with zero attached hydrogens (tertiary/aromatic N) is 1. The normalized spacial score (nSPS) is 29.0. The van der Waals surface area contributed by atoms with Crippen molar-refractivity contribution in [1.29, 1.82) is 0 Å². The fourth-order valence-corrected chi connectivity index (χ4v) is 16.8. The average molecular weight is 1770 g/mol. The van der Waals surface area contributed by atoms with Crippen LogP contribution in [0, 0.1) is 56.0 Å². The second-order valence-corrected chi connectivity index (χ2v) is 32.5. The summed E-state index contributed by atoms with van der Waals surface area (Å²) in [4.78, 5) is 120. The minimum absolute atomic E-state index is 0.0390. The second-order valence-electron chi connectivity index (χ2n) is 27.2. The molecule has 0 radical (unpaired) electrons. The molecule has 12 rings (SSSR count). The van der Waals surface area contributed by atoms with Crippen LogP contribution < -0.4 is 52.7 Å². The molecule has 0 saturated carbocycles. The molecule has 7 heterocycles. The van der Waals surface area contributed by atoms with Crippen LogP contribution in [0.2, 0.25) is 10.0 Å². The van der Waals surface area contributed by atoms with Crippen LogP contribution in [0.1, 0.15) is 111 Å². The number of benzene rings is 5. The van der Waals surface area contributed by atoms with Crippen LogP contribution in [-0.4, -0.2) is 246 Å². The van der Waals surface area contributed by atoms with Gasteiger partial charge in [0, 0.05) is 0 Å². The first-order valence-electron chi connectivity index (χ1n) is 33.1. The van der Waals surface area contributed by atoms with Crippen molar-refractivity contribution in [2.24, 2.45) is 11.7 Å². The Bertz CT molecular complexity index is 4200. The number of hydrogen-bond donors (Lipinski definition) is 17. The number of phenolic OH excluding ortho intramolecular Hbond substituents is 3.